The van der Waals surface area contributed by atoms with Gasteiger partial charge in [-0.25, -0.2) is 24.0 Å². The molecule has 10 rings (SSSR count). The Hall–Kier alpha value is -9.58. The standard InChI is InChI=1S/C14H20N6O3.C14H24N6O3.C13H22N4O3.2C13H18N4O3/c1-9(15)18-4-2-3-10-7-20(14(22)19-13(10)16)12-6-17-5-11(8-21)23-12;15-11(16)4-2-1-3-9-7-20(14(22)19-13(9)17)12-6-18-5-10(8-21)23-12;3*1-2-3-4-9-7-17(13(19)16-12(9)14)11-6-15-5-10(8-18)20-11/h7,11-12,17,21H,4-6,8H2,1H3,(H2,15,18)(H2,16,19,22);7,10,12,18,21H,1-6,8H2,(H3,15,16)(H2,17,19,22);7,10-11,15,18H,2-6,8H2,1H3,(H2,14,16,19);2*7,10-11,15,18H,2,5-6,8H2,1H3,(H2,14,16,19). The number of aliphatic hydroxyl groups excluding tert-OH is 5. The molecule has 0 saturated carbocycles. The van der Waals surface area contributed by atoms with Gasteiger partial charge < -0.3 is 116 Å². The van der Waals surface area contributed by atoms with E-state index >= 15 is 0 Å². The molecule has 39 heteroatoms. The Kier molecular flexibility index (Phi) is 35.7. The minimum Gasteiger partial charge on any atom is -0.394 e. The molecule has 5 aliphatic rings. The number of morpholine rings is 5. The van der Waals surface area contributed by atoms with Crippen LogP contribution in [-0.2, 0) is 36.5 Å². The van der Waals surface area contributed by atoms with E-state index in [1.165, 1.54) is 29.0 Å². The molecule has 0 bridgehead atoms. The number of aliphatic imine (C=N–C) groups is 1. The molecule has 5 aromatic rings. The molecule has 106 heavy (non-hydrogen) atoms. The van der Waals surface area contributed by atoms with Crippen molar-refractivity contribution in [2.45, 2.75) is 147 Å². The Balaban J connectivity index is 0.000000208. The van der Waals surface area contributed by atoms with E-state index in [0.717, 1.165) is 43.2 Å². The minimum absolute atomic E-state index is 0.0506. The Morgan fingerprint density at radius 3 is 1.01 bits per heavy atom. The third-order valence-corrected chi connectivity index (χ3v) is 16.2. The van der Waals surface area contributed by atoms with Crippen LogP contribution in [0.5, 0.6) is 0 Å². The maximum absolute atomic E-state index is 12.1. The third-order valence-electron chi connectivity index (χ3n) is 16.2. The summed E-state index contributed by atoms with van der Waals surface area (Å²) >= 11 is 0. The van der Waals surface area contributed by atoms with Crippen LogP contribution in [0.15, 0.2) is 59.9 Å². The molecule has 580 valence electrons. The van der Waals surface area contributed by atoms with E-state index in [4.69, 9.17) is 84.5 Å². The first-order valence-corrected chi connectivity index (χ1v) is 34.8. The summed E-state index contributed by atoms with van der Waals surface area (Å²) in [6.45, 7) is 12.4. The second kappa shape index (κ2) is 44.4. The number of nitrogen functional groups attached to an aromatic ring is 5. The van der Waals surface area contributed by atoms with Gasteiger partial charge in [0, 0.05) is 127 Å². The number of aryl methyl sites for hydroxylation is 2. The summed E-state index contributed by atoms with van der Waals surface area (Å²) in [5.74, 6) is 18.5. The fourth-order valence-electron chi connectivity index (χ4n) is 10.6. The highest BCUT2D eigenvalue weighted by Crippen LogP contribution is 2.21. The highest BCUT2D eigenvalue weighted by Gasteiger charge is 2.30. The van der Waals surface area contributed by atoms with Gasteiger partial charge in [-0.15, -0.1) is 0 Å². The summed E-state index contributed by atoms with van der Waals surface area (Å²) in [6.07, 6.45) is 10.7. The smallest absolute Gasteiger partial charge is 0.351 e. The average Bonchev–Trinajstić information content (AvgIpc) is 0.843. The van der Waals surface area contributed by atoms with Crippen LogP contribution in [0.3, 0.4) is 0 Å². The lowest BCUT2D eigenvalue weighted by Crippen LogP contribution is -2.46. The lowest BCUT2D eigenvalue weighted by molar-refractivity contribution is -0.0968. The first-order valence-electron chi connectivity index (χ1n) is 34.8. The first-order chi connectivity index (χ1) is 51.0. The molecule has 25 N–H and O–H groups in total. The lowest BCUT2D eigenvalue weighted by atomic mass is 10.1. The Morgan fingerprint density at radius 1 is 0.453 bits per heavy atom. The number of hydrogen-bond acceptors (Lipinski definition) is 32. The summed E-state index contributed by atoms with van der Waals surface area (Å²) < 4.78 is 35.1. The van der Waals surface area contributed by atoms with Crippen LogP contribution in [0.25, 0.3) is 0 Å². The number of aliphatic hydroxyl groups is 5. The van der Waals surface area contributed by atoms with Crippen molar-refractivity contribution in [1.82, 2.24) is 74.3 Å². The van der Waals surface area contributed by atoms with Crippen LogP contribution < -0.4 is 95.2 Å². The molecule has 0 amide bonds. The number of amidine groups is 2. The molecule has 10 atom stereocenters. The number of nitrogens with two attached hydrogens (primary N) is 7. The zero-order valence-corrected chi connectivity index (χ0v) is 60.1. The fourth-order valence-corrected chi connectivity index (χ4v) is 10.6. The topological polar surface area (TPSA) is 600 Å². The average molecular weight is 1480 g/mol. The van der Waals surface area contributed by atoms with Crippen molar-refractivity contribution in [2.24, 2.45) is 16.5 Å². The monoisotopic (exact) mass is 1480 g/mol. The zero-order valence-electron chi connectivity index (χ0n) is 60.1. The predicted octanol–water partition coefficient (Wildman–Crippen LogP) is -5.23. The number of unbranched alkanes of at least 4 members (excludes halogenated alkanes) is 2. The maximum atomic E-state index is 12.1. The van der Waals surface area contributed by atoms with Crippen LogP contribution in [0.2, 0.25) is 0 Å². The van der Waals surface area contributed by atoms with Gasteiger partial charge in [-0.3, -0.25) is 33.2 Å². The number of nitrogens with zero attached hydrogens (tertiary/aromatic N) is 11. The quantitative estimate of drug-likeness (QED) is 0.0159. The Bertz CT molecular complexity index is 4100. The molecule has 5 aliphatic heterocycles. The highest BCUT2D eigenvalue weighted by molar-refractivity contribution is 5.77. The molecule has 10 unspecified atom stereocenters. The van der Waals surface area contributed by atoms with Gasteiger partial charge in [0.05, 0.1) is 91.9 Å². The molecular weight excluding hydrogens is 1380 g/mol. The molecule has 0 aromatic carbocycles. The first kappa shape index (κ1) is 85.3. The summed E-state index contributed by atoms with van der Waals surface area (Å²) in [4.78, 5) is 82.8. The predicted molar refractivity (Wildman–Crippen MR) is 395 cm³/mol. The van der Waals surface area contributed by atoms with Crippen molar-refractivity contribution in [3.63, 3.8) is 0 Å². The largest absolute Gasteiger partial charge is 0.394 e. The van der Waals surface area contributed by atoms with E-state index in [0.29, 0.717) is 119 Å². The van der Waals surface area contributed by atoms with Crippen LogP contribution in [0.1, 0.15) is 132 Å². The maximum Gasteiger partial charge on any atom is 0.351 e. The number of ether oxygens (including phenoxy) is 5. The van der Waals surface area contributed by atoms with Gasteiger partial charge in [-0.05, 0) is 39.0 Å². The molecule has 10 heterocycles. The summed E-state index contributed by atoms with van der Waals surface area (Å²) in [5.41, 5.74) is 40.1. The molecule has 5 fully saturated rings. The van der Waals surface area contributed by atoms with Crippen LogP contribution in [0.4, 0.5) is 29.1 Å². The number of rotatable bonds is 19. The van der Waals surface area contributed by atoms with Gasteiger partial charge >= 0.3 is 28.4 Å². The van der Waals surface area contributed by atoms with Crippen molar-refractivity contribution in [3.8, 4) is 35.5 Å². The summed E-state index contributed by atoms with van der Waals surface area (Å²) in [6, 6.07) is 0. The van der Waals surface area contributed by atoms with E-state index in [2.05, 4.69) is 98.9 Å². The summed E-state index contributed by atoms with van der Waals surface area (Å²) in [5, 5.41) is 68.5. The number of aromatic nitrogens is 10. The molecule has 5 saturated heterocycles. The minimum atomic E-state index is -0.577. The molecule has 39 nitrogen and oxygen atoms in total. The number of nitrogens with one attached hydrogen (secondary N) is 6. The Morgan fingerprint density at radius 2 is 0.736 bits per heavy atom. The number of hydrogen-bond donors (Lipinski definition) is 18. The van der Waals surface area contributed by atoms with Gasteiger partial charge in [-0.1, -0.05) is 62.7 Å². The SMILES string of the molecule is CC(N)=NCC#Cc1cn(C2CNCC(CO)O2)c(=O)nc1N.CCC#Cc1cn(C2CNCC(CO)O2)c(=O)nc1N.CCC#Cc1cn(C2CNCC(CO)O2)c(=O)nc1N.CCCCc1cn(C2CNCC(CO)O2)c(=O)nc1N.N=C(N)CCCCc1cn(C2CNCC(CO)O2)c(=O)nc1N. The van der Waals surface area contributed by atoms with E-state index in [9.17, 15) is 34.2 Å². The highest BCUT2D eigenvalue weighted by atomic mass is 16.5. The van der Waals surface area contributed by atoms with Crippen molar-refractivity contribution in [2.75, 3.05) is 134 Å². The van der Waals surface area contributed by atoms with E-state index in [1.807, 2.05) is 13.8 Å². The van der Waals surface area contributed by atoms with Gasteiger partial charge in [0.15, 0.2) is 31.1 Å². The van der Waals surface area contributed by atoms with Crippen molar-refractivity contribution in [3.05, 3.63) is 111 Å². The van der Waals surface area contributed by atoms with Crippen molar-refractivity contribution >= 4 is 40.8 Å². The Labute approximate surface area is 611 Å². The number of anilines is 5. The van der Waals surface area contributed by atoms with Crippen LogP contribution in [-0.4, -0.2) is 221 Å². The van der Waals surface area contributed by atoms with Crippen molar-refractivity contribution < 1.29 is 49.2 Å². The molecule has 0 spiro atoms. The zero-order chi connectivity index (χ0) is 77.2. The van der Waals surface area contributed by atoms with Crippen LogP contribution in [0, 0.1) is 40.9 Å². The van der Waals surface area contributed by atoms with Gasteiger partial charge in [0.2, 0.25) is 0 Å². The van der Waals surface area contributed by atoms with E-state index in [1.54, 1.807) is 31.7 Å². The van der Waals surface area contributed by atoms with Crippen molar-refractivity contribution in [1.29, 1.82) is 5.41 Å². The van der Waals surface area contributed by atoms with Gasteiger partial charge in [0.25, 0.3) is 0 Å². The molecule has 0 aliphatic carbocycles. The second-order valence-corrected chi connectivity index (χ2v) is 24.5. The lowest BCUT2D eigenvalue weighted by Gasteiger charge is -2.30. The molecular formula is C67H102N24O15. The second-order valence-electron chi connectivity index (χ2n) is 24.5. The molecule has 5 aromatic heterocycles. The van der Waals surface area contributed by atoms with E-state index < -0.39 is 59.6 Å². The fraction of sp³-hybridized carbons (Fsp3) is 0.582. The van der Waals surface area contributed by atoms with E-state index in [-0.39, 0.29) is 99.2 Å². The van der Waals surface area contributed by atoms with Gasteiger partial charge in [-0.2, -0.15) is 24.9 Å². The summed E-state index contributed by atoms with van der Waals surface area (Å²) in [7, 11) is 0. The third kappa shape index (κ3) is 26.5. The molecule has 0 radical (unpaired) electrons. The normalized spacial score (nSPS) is 22.0. The van der Waals surface area contributed by atoms with Gasteiger partial charge in [0.1, 0.15) is 35.6 Å². The van der Waals surface area contributed by atoms with Crippen LogP contribution >= 0.6 is 0 Å².